The number of aryl methyl sites for hydroxylation is 2. The number of hydrogen-bond donors (Lipinski definition) is 1. The topological polar surface area (TPSA) is 59.8 Å². The van der Waals surface area contributed by atoms with Crippen molar-refractivity contribution in [3.63, 3.8) is 0 Å². The molecule has 33 heavy (non-hydrogen) atoms. The minimum atomic E-state index is -0.0926. The molecule has 0 radical (unpaired) electrons. The zero-order valence-corrected chi connectivity index (χ0v) is 21.0. The lowest BCUT2D eigenvalue weighted by molar-refractivity contribution is -0.113. The van der Waals surface area contributed by atoms with Crippen LogP contribution in [0.3, 0.4) is 0 Å². The van der Waals surface area contributed by atoms with Crippen molar-refractivity contribution in [1.29, 1.82) is 0 Å². The van der Waals surface area contributed by atoms with Crippen molar-refractivity contribution in [2.75, 3.05) is 11.1 Å². The highest BCUT2D eigenvalue weighted by atomic mass is 79.9. The van der Waals surface area contributed by atoms with Crippen LogP contribution < -0.4 is 5.32 Å². The van der Waals surface area contributed by atoms with Gasteiger partial charge in [-0.2, -0.15) is 0 Å². The first-order valence-corrected chi connectivity index (χ1v) is 12.6. The lowest BCUT2D eigenvalue weighted by Crippen LogP contribution is -2.15. The number of carbonyl (C=O) groups is 1. The lowest BCUT2D eigenvalue weighted by atomic mass is 10.1. The Bertz CT molecular complexity index is 1240. The van der Waals surface area contributed by atoms with Crippen LogP contribution in [0.4, 0.5) is 5.69 Å². The average Bonchev–Trinajstić information content (AvgIpc) is 3.22. The first-order chi connectivity index (χ1) is 16.0. The summed E-state index contributed by atoms with van der Waals surface area (Å²) in [6, 6.07) is 24.5. The second kappa shape index (κ2) is 10.8. The van der Waals surface area contributed by atoms with Crippen LogP contribution >= 0.6 is 27.7 Å². The van der Waals surface area contributed by atoms with E-state index in [1.807, 2.05) is 47.9 Å². The summed E-state index contributed by atoms with van der Waals surface area (Å²) in [7, 11) is 0. The number of thioether (sulfide) groups is 1. The fourth-order valence-corrected chi connectivity index (χ4v) is 4.83. The molecule has 0 bridgehead atoms. The second-order valence-corrected chi connectivity index (χ2v) is 9.53. The molecule has 0 saturated carbocycles. The Kier molecular flexibility index (Phi) is 7.62. The summed E-state index contributed by atoms with van der Waals surface area (Å²) in [5.74, 6) is 0.983. The van der Waals surface area contributed by atoms with Gasteiger partial charge in [-0.15, -0.1) is 10.2 Å². The van der Waals surface area contributed by atoms with Gasteiger partial charge in [0.05, 0.1) is 11.4 Å². The molecular weight excluding hydrogens is 496 g/mol. The molecule has 1 aromatic heterocycles. The third kappa shape index (κ3) is 5.92. The average molecular weight is 521 g/mol. The summed E-state index contributed by atoms with van der Waals surface area (Å²) in [6.45, 7) is 4.15. The van der Waals surface area contributed by atoms with E-state index in [0.29, 0.717) is 11.6 Å². The van der Waals surface area contributed by atoms with Crippen LogP contribution in [0.25, 0.3) is 5.69 Å². The number of benzene rings is 3. The molecule has 7 heteroatoms. The number of amides is 1. The second-order valence-electron chi connectivity index (χ2n) is 7.74. The molecule has 5 nitrogen and oxygen atoms in total. The van der Waals surface area contributed by atoms with Gasteiger partial charge in [0.2, 0.25) is 5.91 Å². The fraction of sp³-hybridized carbons (Fsp3) is 0.192. The van der Waals surface area contributed by atoms with Crippen LogP contribution in [0.1, 0.15) is 29.4 Å². The van der Waals surface area contributed by atoms with Crippen molar-refractivity contribution in [2.45, 2.75) is 31.8 Å². The molecule has 4 aromatic rings. The van der Waals surface area contributed by atoms with Gasteiger partial charge in [0.25, 0.3) is 0 Å². The Morgan fingerprint density at radius 3 is 2.45 bits per heavy atom. The van der Waals surface area contributed by atoms with Gasteiger partial charge in [0, 0.05) is 16.6 Å². The number of nitrogens with one attached hydrogen (secondary N) is 1. The molecule has 1 N–H and O–H groups in total. The van der Waals surface area contributed by atoms with E-state index in [4.69, 9.17) is 0 Å². The van der Waals surface area contributed by atoms with Crippen LogP contribution in [0.2, 0.25) is 0 Å². The van der Waals surface area contributed by atoms with E-state index in [-0.39, 0.29) is 11.7 Å². The first kappa shape index (κ1) is 23.3. The van der Waals surface area contributed by atoms with Crippen molar-refractivity contribution in [3.8, 4) is 5.69 Å². The molecule has 168 valence electrons. The maximum atomic E-state index is 12.6. The van der Waals surface area contributed by atoms with Crippen molar-refractivity contribution < 1.29 is 4.79 Å². The number of carbonyl (C=O) groups excluding carboxylic acids is 1. The molecule has 0 aliphatic rings. The van der Waals surface area contributed by atoms with Gasteiger partial charge in [-0.05, 0) is 70.2 Å². The van der Waals surface area contributed by atoms with Gasteiger partial charge in [-0.1, -0.05) is 67.2 Å². The molecule has 0 aliphatic carbocycles. The van der Waals surface area contributed by atoms with E-state index >= 15 is 0 Å². The Morgan fingerprint density at radius 2 is 1.76 bits per heavy atom. The molecule has 0 spiro atoms. The van der Waals surface area contributed by atoms with E-state index in [2.05, 4.69) is 74.8 Å². The molecule has 4 rings (SSSR count). The minimum absolute atomic E-state index is 0.0926. The van der Waals surface area contributed by atoms with E-state index in [1.165, 1.54) is 17.3 Å². The third-order valence-electron chi connectivity index (χ3n) is 5.24. The van der Waals surface area contributed by atoms with Gasteiger partial charge in [-0.3, -0.25) is 9.36 Å². The maximum Gasteiger partial charge on any atom is 0.234 e. The zero-order valence-electron chi connectivity index (χ0n) is 18.6. The number of nitrogens with zero attached hydrogens (tertiary/aromatic N) is 3. The van der Waals surface area contributed by atoms with E-state index < -0.39 is 0 Å². The van der Waals surface area contributed by atoms with Crippen molar-refractivity contribution in [1.82, 2.24) is 14.8 Å². The molecule has 3 aromatic carbocycles. The van der Waals surface area contributed by atoms with Crippen molar-refractivity contribution >= 4 is 39.3 Å². The predicted octanol–water partition coefficient (Wildman–Crippen LogP) is 6.22. The first-order valence-electron chi connectivity index (χ1n) is 10.8. The number of rotatable bonds is 8. The standard InChI is InChI=1S/C26H25BrN4OS/c1-3-19-10-12-21(13-11-19)31-24(16-20-7-5-4-6-8-20)29-30-26(31)33-17-25(32)28-23-14-9-18(2)15-22(23)27/h4-15H,3,16-17H2,1-2H3,(H,28,32). The molecule has 0 saturated heterocycles. The Morgan fingerprint density at radius 1 is 1.00 bits per heavy atom. The number of halogens is 1. The highest BCUT2D eigenvalue weighted by molar-refractivity contribution is 9.10. The van der Waals surface area contributed by atoms with Crippen LogP contribution in [-0.4, -0.2) is 26.4 Å². The molecule has 0 aliphatic heterocycles. The van der Waals surface area contributed by atoms with Crippen LogP contribution in [0, 0.1) is 6.92 Å². The monoisotopic (exact) mass is 520 g/mol. The van der Waals surface area contributed by atoms with Crippen LogP contribution in [0.5, 0.6) is 0 Å². The quantitative estimate of drug-likeness (QED) is 0.280. The summed E-state index contributed by atoms with van der Waals surface area (Å²) < 4.78 is 2.91. The van der Waals surface area contributed by atoms with Crippen molar-refractivity contribution in [2.24, 2.45) is 0 Å². The Hall–Kier alpha value is -2.90. The largest absolute Gasteiger partial charge is 0.324 e. The summed E-state index contributed by atoms with van der Waals surface area (Å²) >= 11 is 4.89. The van der Waals surface area contributed by atoms with Gasteiger partial charge < -0.3 is 5.32 Å². The SMILES string of the molecule is CCc1ccc(-n2c(Cc3ccccc3)nnc2SCC(=O)Nc2ccc(C)cc2Br)cc1. The van der Waals surface area contributed by atoms with E-state index in [9.17, 15) is 4.79 Å². The van der Waals surface area contributed by atoms with Gasteiger partial charge in [0.15, 0.2) is 5.16 Å². The molecule has 0 unspecified atom stereocenters. The summed E-state index contributed by atoms with van der Waals surface area (Å²) in [5.41, 5.74) is 5.31. The maximum absolute atomic E-state index is 12.6. The summed E-state index contributed by atoms with van der Waals surface area (Å²) in [6.07, 6.45) is 1.64. The van der Waals surface area contributed by atoms with E-state index in [1.54, 1.807) is 0 Å². The minimum Gasteiger partial charge on any atom is -0.324 e. The highest BCUT2D eigenvalue weighted by Crippen LogP contribution is 2.26. The summed E-state index contributed by atoms with van der Waals surface area (Å²) in [5, 5.41) is 12.6. The van der Waals surface area contributed by atoms with Gasteiger partial charge >= 0.3 is 0 Å². The van der Waals surface area contributed by atoms with Gasteiger partial charge in [-0.25, -0.2) is 0 Å². The number of aromatic nitrogens is 3. The van der Waals surface area contributed by atoms with Crippen LogP contribution in [-0.2, 0) is 17.6 Å². The van der Waals surface area contributed by atoms with E-state index in [0.717, 1.165) is 39.2 Å². The zero-order chi connectivity index (χ0) is 23.2. The smallest absolute Gasteiger partial charge is 0.234 e. The molecule has 1 heterocycles. The Balaban J connectivity index is 1.55. The highest BCUT2D eigenvalue weighted by Gasteiger charge is 2.17. The third-order valence-corrected chi connectivity index (χ3v) is 6.82. The lowest BCUT2D eigenvalue weighted by Gasteiger charge is -2.12. The predicted molar refractivity (Wildman–Crippen MR) is 138 cm³/mol. The molecule has 0 fully saturated rings. The number of anilines is 1. The summed E-state index contributed by atoms with van der Waals surface area (Å²) in [4.78, 5) is 12.6. The van der Waals surface area contributed by atoms with Crippen molar-refractivity contribution in [3.05, 3.63) is 99.8 Å². The Labute approximate surface area is 206 Å². The molecule has 1 amide bonds. The van der Waals surface area contributed by atoms with Gasteiger partial charge in [0.1, 0.15) is 5.82 Å². The normalized spacial score (nSPS) is 10.9. The molecule has 0 atom stereocenters. The fourth-order valence-electron chi connectivity index (χ4n) is 3.46. The molecular formula is C26H25BrN4OS. The van der Waals surface area contributed by atoms with Crippen LogP contribution in [0.15, 0.2) is 82.4 Å². The number of hydrogen-bond acceptors (Lipinski definition) is 4.